The van der Waals surface area contributed by atoms with Crippen LogP contribution in [0.15, 0.2) is 24.3 Å². The number of nitro benzene ring substituents is 1. The first-order valence-corrected chi connectivity index (χ1v) is 6.79. The van der Waals surface area contributed by atoms with Gasteiger partial charge in [0.15, 0.2) is 0 Å². The minimum atomic E-state index is -0.899. The molecule has 1 heterocycles. The molecule has 0 bridgehead atoms. The normalized spacial score (nSPS) is 17.2. The highest BCUT2D eigenvalue weighted by molar-refractivity contribution is 5.78. The first-order chi connectivity index (χ1) is 9.98. The number of nitrogens with one attached hydrogen (secondary N) is 1. The van der Waals surface area contributed by atoms with Gasteiger partial charge in [-0.3, -0.25) is 14.9 Å². The second-order valence-electron chi connectivity index (χ2n) is 5.21. The van der Waals surface area contributed by atoms with E-state index >= 15 is 0 Å². The molecule has 7 nitrogen and oxygen atoms in total. The molecule has 1 saturated heterocycles. The van der Waals surface area contributed by atoms with Crippen LogP contribution in [-0.2, 0) is 16.0 Å². The summed E-state index contributed by atoms with van der Waals surface area (Å²) < 4.78 is 5.17. The summed E-state index contributed by atoms with van der Waals surface area (Å²) in [6.45, 7) is 1.19. The van der Waals surface area contributed by atoms with Crippen LogP contribution in [0.1, 0.15) is 18.4 Å². The number of amides is 1. The fraction of sp³-hybridized carbons (Fsp3) is 0.500. The van der Waals surface area contributed by atoms with E-state index in [1.165, 1.54) is 12.1 Å². The third kappa shape index (κ3) is 4.51. The molecule has 0 radical (unpaired) electrons. The average molecular weight is 294 g/mol. The molecule has 0 unspecified atom stereocenters. The molecule has 0 saturated carbocycles. The van der Waals surface area contributed by atoms with Gasteiger partial charge in [0.1, 0.15) is 0 Å². The molecule has 0 aromatic heterocycles. The summed E-state index contributed by atoms with van der Waals surface area (Å²) >= 11 is 0. The Morgan fingerprint density at radius 1 is 1.33 bits per heavy atom. The fourth-order valence-electron chi connectivity index (χ4n) is 2.17. The number of carbonyl (C=O) groups excluding carboxylic acids is 1. The molecular weight excluding hydrogens is 276 g/mol. The maximum atomic E-state index is 11.8. The predicted octanol–water partition coefficient (Wildman–Crippen LogP) is 0.795. The summed E-state index contributed by atoms with van der Waals surface area (Å²) in [5.41, 5.74) is -0.212. The molecule has 21 heavy (non-hydrogen) atoms. The minimum Gasteiger partial charge on any atom is -0.388 e. The zero-order chi connectivity index (χ0) is 15.3. The van der Waals surface area contributed by atoms with Gasteiger partial charge in [0.2, 0.25) is 5.91 Å². The lowest BCUT2D eigenvalue weighted by Gasteiger charge is -2.32. The Balaban J connectivity index is 1.82. The maximum absolute atomic E-state index is 11.8. The molecule has 1 aliphatic rings. The summed E-state index contributed by atoms with van der Waals surface area (Å²) in [6, 6.07) is 5.85. The number of benzene rings is 1. The summed E-state index contributed by atoms with van der Waals surface area (Å²) in [6.07, 6.45) is 1.14. The van der Waals surface area contributed by atoms with Gasteiger partial charge in [0.25, 0.3) is 5.69 Å². The third-order valence-electron chi connectivity index (χ3n) is 3.55. The lowest BCUT2D eigenvalue weighted by molar-refractivity contribution is -0.384. The molecular formula is C14H18N2O5. The van der Waals surface area contributed by atoms with Crippen molar-refractivity contribution in [1.82, 2.24) is 5.32 Å². The molecule has 114 valence electrons. The lowest BCUT2D eigenvalue weighted by atomic mass is 9.94. The van der Waals surface area contributed by atoms with Gasteiger partial charge in [-0.1, -0.05) is 12.1 Å². The van der Waals surface area contributed by atoms with Crippen LogP contribution in [0.4, 0.5) is 5.69 Å². The zero-order valence-corrected chi connectivity index (χ0v) is 11.6. The van der Waals surface area contributed by atoms with Crippen LogP contribution in [-0.4, -0.2) is 41.3 Å². The van der Waals surface area contributed by atoms with Crippen molar-refractivity contribution in [3.8, 4) is 0 Å². The van der Waals surface area contributed by atoms with Crippen molar-refractivity contribution >= 4 is 11.6 Å². The number of carbonyl (C=O) groups is 1. The first kappa shape index (κ1) is 15.4. The van der Waals surface area contributed by atoms with Gasteiger partial charge in [-0.15, -0.1) is 0 Å². The van der Waals surface area contributed by atoms with Crippen LogP contribution in [0.5, 0.6) is 0 Å². The number of rotatable bonds is 5. The van der Waals surface area contributed by atoms with Gasteiger partial charge < -0.3 is 15.2 Å². The highest BCUT2D eigenvalue weighted by Gasteiger charge is 2.29. The quantitative estimate of drug-likeness (QED) is 0.617. The summed E-state index contributed by atoms with van der Waals surface area (Å²) in [4.78, 5) is 21.9. The second kappa shape index (κ2) is 6.64. The number of hydrogen-bond donors (Lipinski definition) is 2. The molecule has 0 atom stereocenters. The second-order valence-corrected chi connectivity index (χ2v) is 5.21. The lowest BCUT2D eigenvalue weighted by Crippen LogP contribution is -2.46. The number of hydrogen-bond acceptors (Lipinski definition) is 5. The van der Waals surface area contributed by atoms with Crippen molar-refractivity contribution < 1.29 is 19.6 Å². The van der Waals surface area contributed by atoms with Crippen molar-refractivity contribution in [2.45, 2.75) is 24.9 Å². The van der Waals surface area contributed by atoms with Crippen LogP contribution in [0, 0.1) is 10.1 Å². The first-order valence-electron chi connectivity index (χ1n) is 6.79. The maximum Gasteiger partial charge on any atom is 0.269 e. The van der Waals surface area contributed by atoms with Crippen molar-refractivity contribution in [3.05, 3.63) is 39.9 Å². The molecule has 2 rings (SSSR count). The van der Waals surface area contributed by atoms with Crippen molar-refractivity contribution in [3.63, 3.8) is 0 Å². The van der Waals surface area contributed by atoms with Crippen LogP contribution in [0.25, 0.3) is 0 Å². The predicted molar refractivity (Wildman–Crippen MR) is 74.8 cm³/mol. The summed E-state index contributed by atoms with van der Waals surface area (Å²) in [5, 5.41) is 23.5. The molecule has 0 spiro atoms. The molecule has 1 aliphatic heterocycles. The third-order valence-corrected chi connectivity index (χ3v) is 3.55. The van der Waals surface area contributed by atoms with Gasteiger partial charge in [0, 0.05) is 44.7 Å². The highest BCUT2D eigenvalue weighted by atomic mass is 16.6. The van der Waals surface area contributed by atoms with Crippen molar-refractivity contribution in [2.24, 2.45) is 0 Å². The van der Waals surface area contributed by atoms with Gasteiger partial charge in [-0.05, 0) is 5.56 Å². The number of nitrogens with zero attached hydrogens (tertiary/aromatic N) is 1. The fourth-order valence-corrected chi connectivity index (χ4v) is 2.17. The average Bonchev–Trinajstić information content (AvgIpc) is 2.47. The smallest absolute Gasteiger partial charge is 0.269 e. The number of ether oxygens (including phenoxy) is 1. The van der Waals surface area contributed by atoms with Crippen LogP contribution in [0.2, 0.25) is 0 Å². The van der Waals surface area contributed by atoms with Gasteiger partial charge >= 0.3 is 0 Å². The Bertz CT molecular complexity index is 509. The molecule has 0 aliphatic carbocycles. The standard InChI is InChI=1S/C14H18N2O5/c17-13(15-10-14(18)5-7-21-8-6-14)9-11-1-3-12(4-2-11)16(19)20/h1-4,18H,5-10H2,(H,15,17). The molecule has 1 aromatic rings. The molecule has 2 N–H and O–H groups in total. The monoisotopic (exact) mass is 294 g/mol. The Morgan fingerprint density at radius 2 is 1.95 bits per heavy atom. The van der Waals surface area contributed by atoms with E-state index in [0.717, 1.165) is 0 Å². The van der Waals surface area contributed by atoms with Crippen LogP contribution >= 0.6 is 0 Å². The van der Waals surface area contributed by atoms with E-state index in [0.29, 0.717) is 31.6 Å². The Morgan fingerprint density at radius 3 is 2.52 bits per heavy atom. The van der Waals surface area contributed by atoms with E-state index in [2.05, 4.69) is 5.32 Å². The van der Waals surface area contributed by atoms with Crippen molar-refractivity contribution in [2.75, 3.05) is 19.8 Å². The van der Waals surface area contributed by atoms with E-state index in [9.17, 15) is 20.0 Å². The number of nitro groups is 1. The number of non-ortho nitro benzene ring substituents is 1. The topological polar surface area (TPSA) is 102 Å². The van der Waals surface area contributed by atoms with E-state index in [1.807, 2.05) is 0 Å². The van der Waals surface area contributed by atoms with E-state index in [-0.39, 0.29) is 24.6 Å². The Kier molecular flexibility index (Phi) is 4.87. The van der Waals surface area contributed by atoms with Crippen LogP contribution in [0.3, 0.4) is 0 Å². The van der Waals surface area contributed by atoms with E-state index in [1.54, 1.807) is 12.1 Å². The van der Waals surface area contributed by atoms with Gasteiger partial charge in [-0.25, -0.2) is 0 Å². The van der Waals surface area contributed by atoms with Crippen LogP contribution < -0.4 is 5.32 Å². The SMILES string of the molecule is O=C(Cc1ccc([N+](=O)[O-])cc1)NCC1(O)CCOCC1. The highest BCUT2D eigenvalue weighted by Crippen LogP contribution is 2.19. The molecule has 7 heteroatoms. The van der Waals surface area contributed by atoms with E-state index < -0.39 is 10.5 Å². The largest absolute Gasteiger partial charge is 0.388 e. The Hall–Kier alpha value is -1.99. The zero-order valence-electron chi connectivity index (χ0n) is 11.6. The summed E-state index contributed by atoms with van der Waals surface area (Å²) in [5.74, 6) is -0.219. The minimum absolute atomic E-state index is 0.00400. The Labute approximate surface area is 122 Å². The number of aliphatic hydroxyl groups is 1. The van der Waals surface area contributed by atoms with Crippen molar-refractivity contribution in [1.29, 1.82) is 0 Å². The molecule has 1 fully saturated rings. The molecule has 1 amide bonds. The summed E-state index contributed by atoms with van der Waals surface area (Å²) in [7, 11) is 0. The van der Waals surface area contributed by atoms with Gasteiger partial charge in [-0.2, -0.15) is 0 Å². The van der Waals surface area contributed by atoms with E-state index in [4.69, 9.17) is 4.74 Å². The van der Waals surface area contributed by atoms with Gasteiger partial charge in [0.05, 0.1) is 16.9 Å². The molecule has 1 aromatic carbocycles.